The monoisotopic (exact) mass is 426 g/mol. The third kappa shape index (κ3) is 3.49. The number of amides is 1. The van der Waals surface area contributed by atoms with Gasteiger partial charge in [-0.25, -0.2) is 4.39 Å². The number of benzene rings is 1. The van der Waals surface area contributed by atoms with Crippen LogP contribution in [0, 0.1) is 5.82 Å². The van der Waals surface area contributed by atoms with Gasteiger partial charge in [0.15, 0.2) is 0 Å². The minimum Gasteiger partial charge on any atom is -0.366 e. The molecule has 3 heterocycles. The van der Waals surface area contributed by atoms with Crippen LogP contribution in [-0.4, -0.2) is 26.3 Å². The van der Waals surface area contributed by atoms with Crippen LogP contribution >= 0.6 is 11.6 Å². The number of carbonyl (C=O) groups excluding carboxylic acids is 1. The molecular formula is C21H20ClFN6O. The van der Waals surface area contributed by atoms with Crippen LogP contribution in [-0.2, 0) is 5.00 Å². The molecule has 1 aliphatic heterocycles. The summed E-state index contributed by atoms with van der Waals surface area (Å²) in [4.78, 5) is 14.3. The third-order valence-electron chi connectivity index (χ3n) is 5.16. The fourth-order valence-electron chi connectivity index (χ4n) is 3.66. The lowest BCUT2D eigenvalue weighted by molar-refractivity contribution is 0.1000. The molecule has 30 heavy (non-hydrogen) atoms. The number of hydrogen-bond acceptors (Lipinski definition) is 5. The average Bonchev–Trinajstić information content (AvgIpc) is 3.18. The molecule has 3 unspecified atom stereocenters. The average molecular weight is 427 g/mol. The van der Waals surface area contributed by atoms with Gasteiger partial charge in [0.05, 0.1) is 17.4 Å². The Morgan fingerprint density at radius 1 is 1.23 bits per heavy atom. The van der Waals surface area contributed by atoms with Gasteiger partial charge >= 0.3 is 0 Å². The molecule has 0 radical (unpaired) electrons. The number of primary amides is 1. The third-order valence-corrected chi connectivity index (χ3v) is 5.67. The van der Waals surface area contributed by atoms with Crippen molar-refractivity contribution in [2.24, 2.45) is 11.5 Å². The second kappa shape index (κ2) is 7.32. The Balaban J connectivity index is 1.90. The Kier molecular flexibility index (Phi) is 4.93. The van der Waals surface area contributed by atoms with Gasteiger partial charge in [0.1, 0.15) is 16.9 Å². The highest BCUT2D eigenvalue weighted by Gasteiger charge is 2.48. The van der Waals surface area contributed by atoms with Crippen LogP contribution in [0.5, 0.6) is 0 Å². The Hall–Kier alpha value is -3.07. The number of rotatable bonds is 4. The number of carbonyl (C=O) groups is 1. The van der Waals surface area contributed by atoms with Crippen LogP contribution in [0.3, 0.4) is 0 Å². The van der Waals surface area contributed by atoms with Gasteiger partial charge in [0.2, 0.25) is 0 Å². The Labute approximate surface area is 177 Å². The Morgan fingerprint density at radius 2 is 1.90 bits per heavy atom. The van der Waals surface area contributed by atoms with Gasteiger partial charge in [-0.2, -0.15) is 5.10 Å². The molecule has 5 N–H and O–H groups in total. The maximum absolute atomic E-state index is 13.5. The SMILES string of the molecule is CC1(N)NC(Cl)(c2ccc(F)cc2)C(c2ccncc2)=CC1n1cc(C(N)=O)cn1. The first-order valence-corrected chi connectivity index (χ1v) is 9.58. The highest BCUT2D eigenvalue weighted by atomic mass is 35.5. The first kappa shape index (κ1) is 20.2. The van der Waals surface area contributed by atoms with Crippen LogP contribution in [0.1, 0.15) is 34.5 Å². The number of nitrogens with zero attached hydrogens (tertiary/aromatic N) is 3. The molecule has 7 nitrogen and oxygen atoms in total. The molecule has 3 atom stereocenters. The maximum atomic E-state index is 13.5. The zero-order valence-electron chi connectivity index (χ0n) is 16.1. The quantitative estimate of drug-likeness (QED) is 0.438. The van der Waals surface area contributed by atoms with E-state index in [2.05, 4.69) is 15.4 Å². The van der Waals surface area contributed by atoms with Crippen molar-refractivity contribution < 1.29 is 9.18 Å². The molecule has 154 valence electrons. The van der Waals surface area contributed by atoms with E-state index in [1.165, 1.54) is 18.3 Å². The highest BCUT2D eigenvalue weighted by molar-refractivity contribution is 6.30. The summed E-state index contributed by atoms with van der Waals surface area (Å²) >= 11 is 7.14. The summed E-state index contributed by atoms with van der Waals surface area (Å²) in [7, 11) is 0. The fourth-order valence-corrected chi connectivity index (χ4v) is 4.16. The van der Waals surface area contributed by atoms with Crippen molar-refractivity contribution in [3.8, 4) is 0 Å². The minimum atomic E-state index is -1.24. The molecule has 1 aromatic carbocycles. The summed E-state index contributed by atoms with van der Waals surface area (Å²) in [5.41, 5.74) is 13.3. The number of nitrogens with one attached hydrogen (secondary N) is 1. The Bertz CT molecular complexity index is 1110. The molecule has 2 aromatic heterocycles. The summed E-state index contributed by atoms with van der Waals surface area (Å²) in [5.74, 6) is -0.951. The normalized spacial score (nSPS) is 26.3. The van der Waals surface area contributed by atoms with Gasteiger partial charge < -0.3 is 11.5 Å². The van der Waals surface area contributed by atoms with Crippen molar-refractivity contribution in [2.45, 2.75) is 23.6 Å². The maximum Gasteiger partial charge on any atom is 0.251 e. The number of pyridine rings is 1. The summed E-state index contributed by atoms with van der Waals surface area (Å²) in [6, 6.07) is 9.06. The first-order valence-electron chi connectivity index (χ1n) is 9.20. The van der Waals surface area contributed by atoms with E-state index >= 15 is 0 Å². The van der Waals surface area contributed by atoms with Crippen molar-refractivity contribution in [1.82, 2.24) is 20.1 Å². The van der Waals surface area contributed by atoms with Gasteiger partial charge in [0, 0.05) is 18.6 Å². The van der Waals surface area contributed by atoms with Crippen LogP contribution in [0.4, 0.5) is 4.39 Å². The molecule has 9 heteroatoms. The number of halogens is 2. The smallest absolute Gasteiger partial charge is 0.251 e. The largest absolute Gasteiger partial charge is 0.366 e. The zero-order valence-corrected chi connectivity index (χ0v) is 16.8. The molecule has 0 spiro atoms. The van der Waals surface area contributed by atoms with E-state index in [-0.39, 0.29) is 11.4 Å². The van der Waals surface area contributed by atoms with E-state index in [1.54, 1.807) is 42.3 Å². The van der Waals surface area contributed by atoms with Gasteiger partial charge in [-0.15, -0.1) is 0 Å². The van der Waals surface area contributed by atoms with Gasteiger partial charge in [-0.05, 0) is 54.0 Å². The van der Waals surface area contributed by atoms with Crippen LogP contribution in [0.15, 0.2) is 67.3 Å². The first-order chi connectivity index (χ1) is 14.2. The predicted molar refractivity (Wildman–Crippen MR) is 112 cm³/mol. The van der Waals surface area contributed by atoms with Crippen molar-refractivity contribution in [3.05, 3.63) is 89.8 Å². The number of hydrogen-bond donors (Lipinski definition) is 3. The van der Waals surface area contributed by atoms with Gasteiger partial charge in [-0.3, -0.25) is 19.8 Å². The van der Waals surface area contributed by atoms with E-state index in [1.807, 2.05) is 18.2 Å². The van der Waals surface area contributed by atoms with Gasteiger partial charge in [-0.1, -0.05) is 23.7 Å². The molecule has 0 saturated carbocycles. The number of nitrogens with two attached hydrogens (primary N) is 2. The van der Waals surface area contributed by atoms with E-state index in [0.29, 0.717) is 11.1 Å². The molecule has 3 aromatic rings. The van der Waals surface area contributed by atoms with E-state index in [0.717, 1.165) is 5.56 Å². The second-order valence-corrected chi connectivity index (χ2v) is 7.97. The molecule has 1 amide bonds. The summed E-state index contributed by atoms with van der Waals surface area (Å²) < 4.78 is 15.1. The highest BCUT2D eigenvalue weighted by Crippen LogP contribution is 2.47. The molecule has 0 bridgehead atoms. The van der Waals surface area contributed by atoms with Crippen molar-refractivity contribution >= 4 is 23.1 Å². The summed E-state index contributed by atoms with van der Waals surface area (Å²) in [5, 5.41) is 7.56. The van der Waals surface area contributed by atoms with Crippen LogP contribution in [0.2, 0.25) is 0 Å². The number of alkyl halides is 1. The fraction of sp³-hybridized carbons (Fsp3) is 0.190. The van der Waals surface area contributed by atoms with Crippen molar-refractivity contribution in [1.29, 1.82) is 0 Å². The van der Waals surface area contributed by atoms with Crippen molar-refractivity contribution in [2.75, 3.05) is 0 Å². The lowest BCUT2D eigenvalue weighted by Crippen LogP contribution is -2.64. The lowest BCUT2D eigenvalue weighted by atomic mass is 9.83. The number of aromatic nitrogens is 3. The predicted octanol–water partition coefficient (Wildman–Crippen LogP) is 2.51. The van der Waals surface area contributed by atoms with Gasteiger partial charge in [0.25, 0.3) is 5.91 Å². The zero-order chi connectivity index (χ0) is 21.5. The second-order valence-electron chi connectivity index (χ2n) is 7.41. The van der Waals surface area contributed by atoms with Crippen LogP contribution in [0.25, 0.3) is 5.57 Å². The molecule has 0 fully saturated rings. The van der Waals surface area contributed by atoms with Crippen LogP contribution < -0.4 is 16.8 Å². The minimum absolute atomic E-state index is 0.269. The topological polar surface area (TPSA) is 112 Å². The lowest BCUT2D eigenvalue weighted by Gasteiger charge is -2.47. The van der Waals surface area contributed by atoms with E-state index < -0.39 is 22.6 Å². The molecule has 0 saturated heterocycles. The molecule has 0 aliphatic carbocycles. The molecular weight excluding hydrogens is 407 g/mol. The van der Waals surface area contributed by atoms with E-state index in [9.17, 15) is 9.18 Å². The van der Waals surface area contributed by atoms with Crippen molar-refractivity contribution in [3.63, 3.8) is 0 Å². The molecule has 4 rings (SSSR count). The van der Waals surface area contributed by atoms with E-state index in [4.69, 9.17) is 23.1 Å². The Morgan fingerprint density at radius 3 is 2.50 bits per heavy atom. The summed E-state index contributed by atoms with van der Waals surface area (Å²) in [6.07, 6.45) is 8.13. The summed E-state index contributed by atoms with van der Waals surface area (Å²) in [6.45, 7) is 1.77. The molecule has 1 aliphatic rings. The standard InChI is InChI=1S/C21H20ClFN6O/c1-20(25)18(29-12-14(11-27-29)19(24)30)10-17(13-6-8-26-9-7-13)21(22,28-20)15-2-4-16(23)5-3-15/h2-12,18,28H,25H2,1H3,(H2,24,30).